The Kier molecular flexibility index (Phi) is 4.92. The van der Waals surface area contributed by atoms with Crippen molar-refractivity contribution in [3.05, 3.63) is 62.8 Å². The molecule has 0 saturated heterocycles. The topological polar surface area (TPSA) is 55.1 Å². The Labute approximate surface area is 139 Å². The number of carbonyl (C=O) groups is 1. The molecule has 0 unspecified atom stereocenters. The highest BCUT2D eigenvalue weighted by Gasteiger charge is 2.16. The van der Waals surface area contributed by atoms with Gasteiger partial charge in [-0.1, -0.05) is 45.8 Å². The minimum absolute atomic E-state index is 0.118. The highest BCUT2D eigenvalue weighted by Crippen LogP contribution is 2.23. The molecule has 0 aliphatic rings. The molecule has 2 rings (SSSR count). The van der Waals surface area contributed by atoms with Gasteiger partial charge < -0.3 is 11.1 Å². The van der Waals surface area contributed by atoms with Crippen LogP contribution in [0.2, 0.25) is 5.02 Å². The first-order chi connectivity index (χ1) is 9.90. The third-order valence-corrected chi connectivity index (χ3v) is 3.70. The van der Waals surface area contributed by atoms with E-state index in [1.54, 1.807) is 18.2 Å². The van der Waals surface area contributed by atoms with Gasteiger partial charge in [-0.05, 0) is 30.3 Å². The van der Waals surface area contributed by atoms with Gasteiger partial charge in [-0.25, -0.2) is 4.39 Å². The van der Waals surface area contributed by atoms with E-state index in [0.29, 0.717) is 11.3 Å². The molecule has 0 spiro atoms. The minimum atomic E-state index is -0.773. The first kappa shape index (κ1) is 15.9. The lowest BCUT2D eigenvalue weighted by Gasteiger charge is -2.11. The van der Waals surface area contributed by atoms with Crippen LogP contribution >= 0.6 is 39.7 Å². The summed E-state index contributed by atoms with van der Waals surface area (Å²) in [5.74, 6) is -1.40. The van der Waals surface area contributed by atoms with Crippen LogP contribution in [-0.2, 0) is 0 Å². The molecule has 0 radical (unpaired) electrons. The van der Waals surface area contributed by atoms with Crippen LogP contribution < -0.4 is 11.1 Å². The predicted octanol–water partition coefficient (Wildman–Crippen LogP) is 4.13. The van der Waals surface area contributed by atoms with E-state index < -0.39 is 11.7 Å². The Hall–Kier alpha value is -1.50. The third kappa shape index (κ3) is 3.58. The fraction of sp³-hybridized carbons (Fsp3) is 0. The smallest absolute Gasteiger partial charge is 0.258 e. The van der Waals surface area contributed by atoms with Crippen LogP contribution in [0.3, 0.4) is 0 Å². The second-order valence-corrected chi connectivity index (χ2v) is 5.87. The van der Waals surface area contributed by atoms with Crippen molar-refractivity contribution in [2.45, 2.75) is 0 Å². The van der Waals surface area contributed by atoms with Crippen LogP contribution in [0.4, 0.5) is 10.1 Å². The number of rotatable bonds is 3. The standard InChI is InChI=1S/C14H9BrClFN2OS/c15-7-4-5-11(9(6-7)13(18)21)19-14(20)8-2-1-3-10(16)12(8)17/h1-6H,(H2,18,21)(H,19,20). The third-order valence-electron chi connectivity index (χ3n) is 2.69. The minimum Gasteiger partial charge on any atom is -0.389 e. The number of halogens is 3. The lowest BCUT2D eigenvalue weighted by atomic mass is 10.1. The Bertz CT molecular complexity index is 739. The van der Waals surface area contributed by atoms with Gasteiger partial charge >= 0.3 is 0 Å². The zero-order valence-electron chi connectivity index (χ0n) is 10.5. The molecule has 21 heavy (non-hydrogen) atoms. The normalized spacial score (nSPS) is 10.2. The summed E-state index contributed by atoms with van der Waals surface area (Å²) >= 11 is 13.9. The predicted molar refractivity (Wildman–Crippen MR) is 89.4 cm³/mol. The summed E-state index contributed by atoms with van der Waals surface area (Å²) in [6.45, 7) is 0. The average Bonchev–Trinajstić information content (AvgIpc) is 2.43. The van der Waals surface area contributed by atoms with E-state index in [0.717, 1.165) is 4.47 Å². The van der Waals surface area contributed by atoms with Crippen molar-refractivity contribution < 1.29 is 9.18 Å². The summed E-state index contributed by atoms with van der Waals surface area (Å²) in [4.78, 5) is 12.3. The lowest BCUT2D eigenvalue weighted by molar-refractivity contribution is 0.102. The zero-order chi connectivity index (χ0) is 15.6. The summed E-state index contributed by atoms with van der Waals surface area (Å²) < 4.78 is 14.6. The summed E-state index contributed by atoms with van der Waals surface area (Å²) in [6, 6.07) is 9.22. The molecule has 0 saturated carbocycles. The van der Waals surface area contributed by atoms with Crippen LogP contribution in [0, 0.1) is 5.82 Å². The summed E-state index contributed by atoms with van der Waals surface area (Å²) in [5, 5.41) is 2.46. The molecule has 7 heteroatoms. The number of benzene rings is 2. The number of amides is 1. The first-order valence-corrected chi connectivity index (χ1v) is 7.33. The molecule has 3 nitrogen and oxygen atoms in total. The van der Waals surface area contributed by atoms with Gasteiger partial charge in [-0.3, -0.25) is 4.79 Å². The summed E-state index contributed by atoms with van der Waals surface area (Å²) in [7, 11) is 0. The molecule has 1 amide bonds. The van der Waals surface area contributed by atoms with Crippen LogP contribution in [0.1, 0.15) is 15.9 Å². The van der Waals surface area contributed by atoms with Gasteiger partial charge in [0.1, 0.15) is 4.99 Å². The van der Waals surface area contributed by atoms with E-state index in [-0.39, 0.29) is 15.6 Å². The molecule has 0 bridgehead atoms. The second kappa shape index (κ2) is 6.51. The zero-order valence-corrected chi connectivity index (χ0v) is 13.7. The second-order valence-electron chi connectivity index (χ2n) is 4.11. The monoisotopic (exact) mass is 386 g/mol. The maximum atomic E-state index is 13.8. The molecule has 0 aliphatic carbocycles. The van der Waals surface area contributed by atoms with Crippen LogP contribution in [0.15, 0.2) is 40.9 Å². The number of nitrogens with two attached hydrogens (primary N) is 1. The average molecular weight is 388 g/mol. The van der Waals surface area contributed by atoms with E-state index in [2.05, 4.69) is 21.2 Å². The molecule has 2 aromatic rings. The number of thiocarbonyl (C=S) groups is 1. The van der Waals surface area contributed by atoms with E-state index in [1.165, 1.54) is 18.2 Å². The van der Waals surface area contributed by atoms with Gasteiger partial charge in [0.05, 0.1) is 16.3 Å². The van der Waals surface area contributed by atoms with Crippen molar-refractivity contribution in [1.82, 2.24) is 0 Å². The Balaban J connectivity index is 2.36. The molecular formula is C14H9BrClFN2OS. The van der Waals surface area contributed by atoms with Gasteiger partial charge in [0.15, 0.2) is 5.82 Å². The first-order valence-electron chi connectivity index (χ1n) is 5.75. The van der Waals surface area contributed by atoms with Crippen LogP contribution in [0.5, 0.6) is 0 Å². The lowest BCUT2D eigenvalue weighted by Crippen LogP contribution is -2.18. The van der Waals surface area contributed by atoms with Gasteiger partial charge in [-0.2, -0.15) is 0 Å². The Morgan fingerprint density at radius 3 is 2.67 bits per heavy atom. The SMILES string of the molecule is NC(=S)c1cc(Br)ccc1NC(=O)c1cccc(Cl)c1F. The molecule has 0 aliphatic heterocycles. The van der Waals surface area contributed by atoms with Gasteiger partial charge in [-0.15, -0.1) is 0 Å². The summed E-state index contributed by atoms with van der Waals surface area (Å²) in [6.07, 6.45) is 0. The van der Waals surface area contributed by atoms with Crippen molar-refractivity contribution in [3.8, 4) is 0 Å². The van der Waals surface area contributed by atoms with Crippen molar-refractivity contribution in [3.63, 3.8) is 0 Å². The highest BCUT2D eigenvalue weighted by atomic mass is 79.9. The molecular weight excluding hydrogens is 379 g/mol. The number of nitrogens with one attached hydrogen (secondary N) is 1. The van der Waals surface area contributed by atoms with Crippen LogP contribution in [0.25, 0.3) is 0 Å². The number of anilines is 1. The fourth-order valence-electron chi connectivity index (χ4n) is 1.70. The van der Waals surface area contributed by atoms with Crippen LogP contribution in [-0.4, -0.2) is 10.9 Å². The molecule has 0 fully saturated rings. The maximum absolute atomic E-state index is 13.8. The van der Waals surface area contributed by atoms with E-state index in [9.17, 15) is 9.18 Å². The van der Waals surface area contributed by atoms with Gasteiger partial charge in [0.25, 0.3) is 5.91 Å². The quantitative estimate of drug-likeness (QED) is 0.779. The van der Waals surface area contributed by atoms with E-state index in [1.807, 2.05) is 0 Å². The summed E-state index contributed by atoms with van der Waals surface area (Å²) in [5.41, 5.74) is 6.34. The molecule has 108 valence electrons. The number of carbonyl (C=O) groups excluding carboxylic acids is 1. The van der Waals surface area contributed by atoms with Crippen molar-refractivity contribution in [2.24, 2.45) is 5.73 Å². The highest BCUT2D eigenvalue weighted by molar-refractivity contribution is 9.10. The maximum Gasteiger partial charge on any atom is 0.258 e. The van der Waals surface area contributed by atoms with Crippen molar-refractivity contribution >= 4 is 56.3 Å². The van der Waals surface area contributed by atoms with E-state index in [4.69, 9.17) is 29.6 Å². The number of hydrogen-bond donors (Lipinski definition) is 2. The molecule has 2 aromatic carbocycles. The largest absolute Gasteiger partial charge is 0.389 e. The molecule has 0 aromatic heterocycles. The molecule has 3 N–H and O–H groups in total. The van der Waals surface area contributed by atoms with E-state index >= 15 is 0 Å². The number of hydrogen-bond acceptors (Lipinski definition) is 2. The van der Waals surface area contributed by atoms with Gasteiger partial charge in [0.2, 0.25) is 0 Å². The van der Waals surface area contributed by atoms with Crippen molar-refractivity contribution in [1.29, 1.82) is 0 Å². The Morgan fingerprint density at radius 2 is 2.00 bits per heavy atom. The Morgan fingerprint density at radius 1 is 1.29 bits per heavy atom. The van der Waals surface area contributed by atoms with Gasteiger partial charge in [0, 0.05) is 10.0 Å². The van der Waals surface area contributed by atoms with Crippen molar-refractivity contribution in [2.75, 3.05) is 5.32 Å². The molecule has 0 heterocycles. The molecule has 0 atom stereocenters. The fourth-order valence-corrected chi connectivity index (χ4v) is 2.40.